The van der Waals surface area contributed by atoms with Gasteiger partial charge in [-0.15, -0.1) is 6.07 Å². The molecule has 3 heteroatoms. The predicted molar refractivity (Wildman–Crippen MR) is 65.4 cm³/mol. The fourth-order valence-electron chi connectivity index (χ4n) is 1.65. The van der Waals surface area contributed by atoms with E-state index in [9.17, 15) is 4.79 Å². The van der Waals surface area contributed by atoms with Crippen molar-refractivity contribution >= 4 is 5.78 Å². The Hall–Kier alpha value is -1.43. The van der Waals surface area contributed by atoms with Gasteiger partial charge in [-0.2, -0.15) is 29.8 Å². The van der Waals surface area contributed by atoms with E-state index in [1.165, 1.54) is 5.56 Å². The van der Waals surface area contributed by atoms with Crippen LogP contribution in [0.15, 0.2) is 42.6 Å². The van der Waals surface area contributed by atoms with Gasteiger partial charge in [-0.05, 0) is 26.0 Å². The van der Waals surface area contributed by atoms with Crippen molar-refractivity contribution in [1.82, 2.24) is 0 Å². The first kappa shape index (κ1) is 14.6. The summed E-state index contributed by atoms with van der Waals surface area (Å²) in [4.78, 5) is 11.9. The second-order valence-corrected chi connectivity index (χ2v) is 4.02. The molecule has 0 saturated carbocycles. The number of hydrogen-bond acceptors (Lipinski definition) is 1. The predicted octanol–water partition coefficient (Wildman–Crippen LogP) is 2.28. The molecule has 1 heterocycles. The van der Waals surface area contributed by atoms with Gasteiger partial charge in [-0.25, -0.2) is 0 Å². The molecule has 18 heavy (non-hydrogen) atoms. The van der Waals surface area contributed by atoms with Gasteiger partial charge in [0.2, 0.25) is 0 Å². The zero-order valence-corrected chi connectivity index (χ0v) is 11.8. The number of rotatable bonds is 3. The first-order valence-corrected chi connectivity index (χ1v) is 5.51. The third-order valence-electron chi connectivity index (χ3n) is 2.57. The molecule has 0 radical (unpaired) electrons. The SMILES string of the molecule is Cc1cc[n+]([CH-]C(=O)c2[c-]cccc2)c(C)c1.[Pd+2]. The van der Waals surface area contributed by atoms with Crippen LogP contribution in [0.1, 0.15) is 21.6 Å². The van der Waals surface area contributed by atoms with Crippen molar-refractivity contribution in [2.24, 2.45) is 0 Å². The van der Waals surface area contributed by atoms with E-state index < -0.39 is 0 Å². The molecule has 0 unspecified atom stereocenters. The van der Waals surface area contributed by atoms with Gasteiger partial charge in [0.15, 0.2) is 0 Å². The van der Waals surface area contributed by atoms with Crippen LogP contribution >= 0.6 is 0 Å². The largest absolute Gasteiger partial charge is 2.00 e. The van der Waals surface area contributed by atoms with E-state index in [1.807, 2.05) is 48.9 Å². The van der Waals surface area contributed by atoms with Gasteiger partial charge in [-0.1, -0.05) is 5.56 Å². The number of carbonyl (C=O) groups is 1. The van der Waals surface area contributed by atoms with E-state index in [0.717, 1.165) is 5.69 Å². The quantitative estimate of drug-likeness (QED) is 0.366. The Kier molecular flexibility index (Phi) is 5.28. The summed E-state index contributed by atoms with van der Waals surface area (Å²) in [7, 11) is 0. The summed E-state index contributed by atoms with van der Waals surface area (Å²) < 4.78 is 1.83. The van der Waals surface area contributed by atoms with Gasteiger partial charge in [0.1, 0.15) is 5.69 Å². The van der Waals surface area contributed by atoms with Crippen LogP contribution in [0.25, 0.3) is 0 Å². The maximum absolute atomic E-state index is 11.9. The molecule has 2 aromatic rings. The number of ketones is 1. The summed E-state index contributed by atoms with van der Waals surface area (Å²) in [6, 6.07) is 14.1. The normalized spacial score (nSPS) is 9.44. The Labute approximate surface area is 121 Å². The standard InChI is InChI=1S/C15H14NO.Pd/c1-12-8-9-16(13(2)10-12)11-15(17)14-6-4-3-5-7-14;/h3-6,8-11H,1-2H3;/q-1;+2. The van der Waals surface area contributed by atoms with E-state index >= 15 is 0 Å². The molecule has 0 bridgehead atoms. The third kappa shape index (κ3) is 3.53. The molecular weight excluding hydrogens is 317 g/mol. The van der Waals surface area contributed by atoms with Crippen LogP contribution < -0.4 is 4.57 Å². The number of carbonyl (C=O) groups excluding carboxylic acids is 1. The molecular formula is C15H14NOPd+. The minimum absolute atomic E-state index is 0. The van der Waals surface area contributed by atoms with E-state index in [0.29, 0.717) is 5.56 Å². The fraction of sp³-hybridized carbons (Fsp3) is 0.133. The molecule has 0 aliphatic rings. The number of nitrogens with zero attached hydrogens (tertiary/aromatic N) is 1. The van der Waals surface area contributed by atoms with Crippen LogP contribution in [0.5, 0.6) is 0 Å². The van der Waals surface area contributed by atoms with Crippen molar-refractivity contribution in [2.75, 3.05) is 0 Å². The summed E-state index contributed by atoms with van der Waals surface area (Å²) in [6.45, 7) is 5.59. The van der Waals surface area contributed by atoms with Crippen LogP contribution in [0.2, 0.25) is 0 Å². The van der Waals surface area contributed by atoms with Crippen molar-refractivity contribution in [3.63, 3.8) is 0 Å². The first-order valence-electron chi connectivity index (χ1n) is 5.51. The Morgan fingerprint density at radius 1 is 1.28 bits per heavy atom. The molecule has 0 N–H and O–H groups in total. The molecule has 0 amide bonds. The zero-order chi connectivity index (χ0) is 12.3. The average Bonchev–Trinajstić information content (AvgIpc) is 2.34. The Bertz CT molecular complexity index is 537. The molecule has 0 spiro atoms. The number of aromatic nitrogens is 1. The topological polar surface area (TPSA) is 20.9 Å². The summed E-state index contributed by atoms with van der Waals surface area (Å²) >= 11 is 0. The van der Waals surface area contributed by atoms with Gasteiger partial charge < -0.3 is 4.79 Å². The molecule has 1 aromatic carbocycles. The fourth-order valence-corrected chi connectivity index (χ4v) is 1.65. The molecule has 2 nitrogen and oxygen atoms in total. The molecule has 0 saturated heterocycles. The number of Topliss-reactive ketones (excluding diaryl/α,β-unsaturated/α-hetero) is 1. The number of benzene rings is 1. The zero-order valence-electron chi connectivity index (χ0n) is 10.3. The third-order valence-corrected chi connectivity index (χ3v) is 2.57. The summed E-state index contributed by atoms with van der Waals surface area (Å²) in [6.07, 6.45) is 1.89. The minimum Gasteiger partial charge on any atom is -0.362 e. The second-order valence-electron chi connectivity index (χ2n) is 4.02. The Morgan fingerprint density at radius 2 is 2.06 bits per heavy atom. The monoisotopic (exact) mass is 330 g/mol. The van der Waals surface area contributed by atoms with E-state index in [4.69, 9.17) is 0 Å². The van der Waals surface area contributed by atoms with Crippen LogP contribution in [0.3, 0.4) is 0 Å². The van der Waals surface area contributed by atoms with Crippen molar-refractivity contribution in [2.45, 2.75) is 13.8 Å². The molecule has 2 rings (SSSR count). The van der Waals surface area contributed by atoms with Crippen molar-refractivity contribution in [3.05, 3.63) is 72.0 Å². The van der Waals surface area contributed by atoms with E-state index in [-0.39, 0.29) is 26.2 Å². The molecule has 94 valence electrons. The summed E-state index contributed by atoms with van der Waals surface area (Å²) in [5.41, 5.74) is 2.81. The number of pyridine rings is 1. The van der Waals surface area contributed by atoms with Crippen LogP contribution in [0.4, 0.5) is 0 Å². The minimum atomic E-state index is -0.0393. The maximum atomic E-state index is 11.9. The van der Waals surface area contributed by atoms with Gasteiger partial charge >= 0.3 is 20.4 Å². The van der Waals surface area contributed by atoms with E-state index in [2.05, 4.69) is 6.07 Å². The van der Waals surface area contributed by atoms with Gasteiger partial charge in [0.05, 0.1) is 18.5 Å². The van der Waals surface area contributed by atoms with Crippen LogP contribution in [-0.2, 0) is 20.4 Å². The van der Waals surface area contributed by atoms with E-state index in [1.54, 1.807) is 18.7 Å². The Morgan fingerprint density at radius 3 is 2.67 bits per heavy atom. The molecule has 0 atom stereocenters. The first-order chi connectivity index (χ1) is 8.16. The van der Waals surface area contributed by atoms with Crippen molar-refractivity contribution in [3.8, 4) is 0 Å². The average molecular weight is 331 g/mol. The van der Waals surface area contributed by atoms with Crippen molar-refractivity contribution in [1.29, 1.82) is 0 Å². The smallest absolute Gasteiger partial charge is 0.362 e. The van der Waals surface area contributed by atoms with Gasteiger partial charge in [0, 0.05) is 0 Å². The van der Waals surface area contributed by atoms with Gasteiger partial charge in [0.25, 0.3) is 0 Å². The molecule has 0 aliphatic carbocycles. The Balaban J connectivity index is 0.00000162. The second kappa shape index (κ2) is 6.49. The van der Waals surface area contributed by atoms with Crippen LogP contribution in [-0.4, -0.2) is 5.78 Å². The summed E-state index contributed by atoms with van der Waals surface area (Å²) in [5, 5.41) is 0. The molecule has 0 aliphatic heterocycles. The summed E-state index contributed by atoms with van der Waals surface area (Å²) in [5.74, 6) is -0.0393. The molecule has 1 aromatic heterocycles. The number of aryl methyl sites for hydroxylation is 2. The molecule has 0 fully saturated rings. The number of hydrogen-bond donors (Lipinski definition) is 0. The van der Waals surface area contributed by atoms with Gasteiger partial charge in [-0.3, -0.25) is 4.57 Å². The van der Waals surface area contributed by atoms with Crippen LogP contribution in [0, 0.1) is 26.5 Å². The maximum Gasteiger partial charge on any atom is 2.00 e. The van der Waals surface area contributed by atoms with Crippen molar-refractivity contribution < 1.29 is 29.8 Å².